The van der Waals surface area contributed by atoms with Crippen LogP contribution in [0, 0.1) is 0 Å². The SMILES string of the molecule is COc1ccc2nc(NC(=O)C[NH+]3CC[NH+](Cc4ccccc4)CC3)sc2c1. The lowest BCUT2D eigenvalue weighted by Gasteiger charge is -2.29. The number of amides is 1. The summed E-state index contributed by atoms with van der Waals surface area (Å²) in [5.41, 5.74) is 2.26. The molecule has 2 heterocycles. The number of benzene rings is 2. The quantitative estimate of drug-likeness (QED) is 0.557. The smallest absolute Gasteiger partial charge is 0.281 e. The Labute approximate surface area is 168 Å². The third-order valence-electron chi connectivity index (χ3n) is 5.21. The number of rotatable bonds is 6. The number of quaternary nitrogens is 2. The van der Waals surface area contributed by atoms with E-state index in [4.69, 9.17) is 4.74 Å². The van der Waals surface area contributed by atoms with Gasteiger partial charge in [0.15, 0.2) is 11.7 Å². The topological polar surface area (TPSA) is 60.1 Å². The molecule has 1 saturated heterocycles. The summed E-state index contributed by atoms with van der Waals surface area (Å²) < 4.78 is 6.26. The van der Waals surface area contributed by atoms with Gasteiger partial charge in [-0.25, -0.2) is 4.98 Å². The fraction of sp³-hybridized carbons (Fsp3) is 0.333. The lowest BCUT2D eigenvalue weighted by molar-refractivity contribution is -1.02. The van der Waals surface area contributed by atoms with Crippen molar-refractivity contribution in [2.24, 2.45) is 0 Å². The minimum absolute atomic E-state index is 0.0348. The van der Waals surface area contributed by atoms with Crippen LogP contribution in [0.3, 0.4) is 0 Å². The number of piperazine rings is 1. The Morgan fingerprint density at radius 1 is 1.11 bits per heavy atom. The third kappa shape index (κ3) is 4.67. The van der Waals surface area contributed by atoms with E-state index in [0.29, 0.717) is 11.7 Å². The number of thiazole rings is 1. The number of nitrogens with one attached hydrogen (secondary N) is 3. The molecule has 7 heteroatoms. The highest BCUT2D eigenvalue weighted by Crippen LogP contribution is 2.28. The molecule has 3 aromatic rings. The van der Waals surface area contributed by atoms with Gasteiger partial charge in [0.1, 0.15) is 38.5 Å². The Balaban J connectivity index is 1.26. The molecular weight excluding hydrogens is 372 g/mol. The van der Waals surface area contributed by atoms with Gasteiger partial charge in [-0.3, -0.25) is 10.1 Å². The maximum atomic E-state index is 12.5. The van der Waals surface area contributed by atoms with E-state index in [9.17, 15) is 4.79 Å². The second-order valence-electron chi connectivity index (χ2n) is 7.24. The van der Waals surface area contributed by atoms with Crippen molar-refractivity contribution in [3.63, 3.8) is 0 Å². The Morgan fingerprint density at radius 3 is 2.61 bits per heavy atom. The van der Waals surface area contributed by atoms with E-state index < -0.39 is 0 Å². The molecule has 0 radical (unpaired) electrons. The number of methoxy groups -OCH3 is 1. The number of hydrogen-bond donors (Lipinski definition) is 3. The van der Waals surface area contributed by atoms with Crippen LogP contribution in [-0.4, -0.2) is 50.7 Å². The minimum atomic E-state index is 0.0348. The summed E-state index contributed by atoms with van der Waals surface area (Å²) >= 11 is 1.48. The van der Waals surface area contributed by atoms with Gasteiger partial charge in [-0.05, 0) is 18.2 Å². The Kier molecular flexibility index (Phi) is 5.85. The summed E-state index contributed by atoms with van der Waals surface area (Å²) in [5, 5.41) is 3.62. The van der Waals surface area contributed by atoms with E-state index in [2.05, 4.69) is 40.6 Å². The molecule has 1 fully saturated rings. The number of aromatic nitrogens is 1. The number of ether oxygens (including phenoxy) is 1. The van der Waals surface area contributed by atoms with Crippen molar-refractivity contribution < 1.29 is 19.3 Å². The molecule has 1 amide bonds. The first kappa shape index (κ1) is 18.9. The highest BCUT2D eigenvalue weighted by molar-refractivity contribution is 7.22. The molecule has 1 aliphatic rings. The standard InChI is InChI=1S/C21H24N4O2S/c1-27-17-7-8-18-19(13-17)28-21(22-18)23-20(26)15-25-11-9-24(10-12-25)14-16-5-3-2-4-6-16/h2-8,13H,9-12,14-15H2,1H3,(H,22,23,26)/p+2. The molecule has 2 aromatic carbocycles. The third-order valence-corrected chi connectivity index (χ3v) is 6.15. The van der Waals surface area contributed by atoms with Gasteiger partial charge in [-0.15, -0.1) is 0 Å². The zero-order valence-corrected chi connectivity index (χ0v) is 16.8. The monoisotopic (exact) mass is 398 g/mol. The summed E-state index contributed by atoms with van der Waals surface area (Å²) in [6.45, 7) is 5.80. The molecule has 1 aliphatic heterocycles. The minimum Gasteiger partial charge on any atom is -0.497 e. The molecule has 28 heavy (non-hydrogen) atoms. The number of fused-ring (bicyclic) bond motifs is 1. The van der Waals surface area contributed by atoms with Gasteiger partial charge in [0.25, 0.3) is 5.91 Å². The molecule has 0 aliphatic carbocycles. The number of nitrogens with zero attached hydrogens (tertiary/aromatic N) is 1. The van der Waals surface area contributed by atoms with Crippen LogP contribution in [0.25, 0.3) is 10.2 Å². The van der Waals surface area contributed by atoms with Crippen LogP contribution in [0.1, 0.15) is 5.56 Å². The van der Waals surface area contributed by atoms with Gasteiger partial charge in [0, 0.05) is 5.56 Å². The molecule has 0 unspecified atom stereocenters. The van der Waals surface area contributed by atoms with Crippen molar-refractivity contribution >= 4 is 32.6 Å². The fourth-order valence-corrected chi connectivity index (χ4v) is 4.58. The van der Waals surface area contributed by atoms with Gasteiger partial charge in [0.05, 0.1) is 17.3 Å². The normalized spacial score (nSPS) is 19.5. The molecule has 0 bridgehead atoms. The fourth-order valence-electron chi connectivity index (χ4n) is 3.67. The average molecular weight is 399 g/mol. The van der Waals surface area contributed by atoms with E-state index in [0.717, 1.165) is 48.7 Å². The maximum Gasteiger partial charge on any atom is 0.281 e. The molecule has 146 valence electrons. The molecule has 0 saturated carbocycles. The largest absolute Gasteiger partial charge is 0.497 e. The molecule has 0 atom stereocenters. The Bertz CT molecular complexity index is 936. The Hall–Kier alpha value is -2.48. The molecular formula is C21H26N4O2S+2. The first-order valence-corrected chi connectivity index (χ1v) is 10.5. The van der Waals surface area contributed by atoms with Crippen molar-refractivity contribution in [2.45, 2.75) is 6.54 Å². The van der Waals surface area contributed by atoms with Gasteiger partial charge in [-0.2, -0.15) is 0 Å². The summed E-state index contributed by atoms with van der Waals surface area (Å²) in [4.78, 5) is 19.9. The number of carbonyl (C=O) groups is 1. The van der Waals surface area contributed by atoms with E-state index in [1.54, 1.807) is 12.0 Å². The van der Waals surface area contributed by atoms with Gasteiger partial charge in [0.2, 0.25) is 0 Å². The van der Waals surface area contributed by atoms with Crippen LogP contribution in [0.15, 0.2) is 48.5 Å². The van der Waals surface area contributed by atoms with Crippen molar-refractivity contribution in [1.82, 2.24) is 4.98 Å². The first-order chi connectivity index (χ1) is 13.7. The average Bonchev–Trinajstić information content (AvgIpc) is 3.11. The van der Waals surface area contributed by atoms with Crippen LogP contribution in [0.2, 0.25) is 0 Å². The Morgan fingerprint density at radius 2 is 1.86 bits per heavy atom. The van der Waals surface area contributed by atoms with Crippen LogP contribution in [0.5, 0.6) is 5.75 Å². The van der Waals surface area contributed by atoms with E-state index in [-0.39, 0.29) is 5.91 Å². The second kappa shape index (κ2) is 8.68. The zero-order valence-electron chi connectivity index (χ0n) is 16.0. The maximum absolute atomic E-state index is 12.5. The summed E-state index contributed by atoms with van der Waals surface area (Å²) in [5.74, 6) is 0.835. The van der Waals surface area contributed by atoms with Crippen LogP contribution < -0.4 is 19.9 Å². The molecule has 6 nitrogen and oxygen atoms in total. The van der Waals surface area contributed by atoms with Gasteiger partial charge in [-0.1, -0.05) is 41.7 Å². The van der Waals surface area contributed by atoms with Crippen LogP contribution in [0.4, 0.5) is 5.13 Å². The summed E-state index contributed by atoms with van der Waals surface area (Å²) in [6.07, 6.45) is 0. The molecule has 1 aromatic heterocycles. The highest BCUT2D eigenvalue weighted by Gasteiger charge is 2.25. The predicted molar refractivity (Wildman–Crippen MR) is 111 cm³/mol. The molecule has 3 N–H and O–H groups in total. The van der Waals surface area contributed by atoms with Crippen molar-refractivity contribution in [3.05, 3.63) is 54.1 Å². The van der Waals surface area contributed by atoms with Crippen molar-refractivity contribution in [2.75, 3.05) is 45.2 Å². The predicted octanol–water partition coefficient (Wildman–Crippen LogP) is 0.227. The number of hydrogen-bond acceptors (Lipinski definition) is 4. The highest BCUT2D eigenvalue weighted by atomic mass is 32.1. The van der Waals surface area contributed by atoms with E-state index >= 15 is 0 Å². The molecule has 4 rings (SSSR count). The molecule has 0 spiro atoms. The zero-order chi connectivity index (χ0) is 19.3. The number of anilines is 1. The van der Waals surface area contributed by atoms with E-state index in [1.165, 1.54) is 21.8 Å². The number of carbonyl (C=O) groups excluding carboxylic acids is 1. The summed E-state index contributed by atoms with van der Waals surface area (Å²) in [6, 6.07) is 16.4. The van der Waals surface area contributed by atoms with Crippen molar-refractivity contribution in [3.8, 4) is 5.75 Å². The lowest BCUT2D eigenvalue weighted by atomic mass is 10.2. The van der Waals surface area contributed by atoms with Crippen LogP contribution >= 0.6 is 11.3 Å². The van der Waals surface area contributed by atoms with Gasteiger partial charge >= 0.3 is 0 Å². The van der Waals surface area contributed by atoms with Crippen LogP contribution in [-0.2, 0) is 11.3 Å². The van der Waals surface area contributed by atoms with Crippen molar-refractivity contribution in [1.29, 1.82) is 0 Å². The van der Waals surface area contributed by atoms with Gasteiger partial charge < -0.3 is 14.5 Å². The lowest BCUT2D eigenvalue weighted by Crippen LogP contribution is -3.28. The second-order valence-corrected chi connectivity index (χ2v) is 8.27. The first-order valence-electron chi connectivity index (χ1n) is 9.65. The van der Waals surface area contributed by atoms with E-state index in [1.807, 2.05) is 18.2 Å². The summed E-state index contributed by atoms with van der Waals surface area (Å²) in [7, 11) is 1.65.